The van der Waals surface area contributed by atoms with Crippen molar-refractivity contribution >= 4 is 21.6 Å². The van der Waals surface area contributed by atoms with Gasteiger partial charge >= 0.3 is 0 Å². The molecule has 7 heteroatoms. The number of benzene rings is 2. The van der Waals surface area contributed by atoms with Gasteiger partial charge in [0.2, 0.25) is 15.9 Å². The molecule has 1 N–H and O–H groups in total. The molecule has 1 atom stereocenters. The van der Waals surface area contributed by atoms with E-state index in [1.54, 1.807) is 18.2 Å². The first kappa shape index (κ1) is 21.9. The molecule has 0 bridgehead atoms. The molecule has 152 valence electrons. The third-order valence-corrected chi connectivity index (χ3v) is 5.89. The van der Waals surface area contributed by atoms with E-state index in [9.17, 15) is 17.6 Å². The number of carbonyl (C=O) groups excluding carboxylic acids is 1. The van der Waals surface area contributed by atoms with E-state index >= 15 is 0 Å². The van der Waals surface area contributed by atoms with Crippen LogP contribution in [-0.4, -0.2) is 27.1 Å². The number of anilines is 1. The summed E-state index contributed by atoms with van der Waals surface area (Å²) < 4.78 is 38.7. The fourth-order valence-electron chi connectivity index (χ4n) is 2.90. The van der Waals surface area contributed by atoms with Crippen LogP contribution in [-0.2, 0) is 14.8 Å². The minimum atomic E-state index is -3.45. The number of nitrogens with one attached hydrogen (secondary N) is 1. The number of amides is 1. The van der Waals surface area contributed by atoms with E-state index in [0.717, 1.165) is 16.7 Å². The topological polar surface area (TPSA) is 66.5 Å². The zero-order chi connectivity index (χ0) is 20.9. The predicted molar refractivity (Wildman–Crippen MR) is 110 cm³/mol. The van der Waals surface area contributed by atoms with Crippen LogP contribution in [0.25, 0.3) is 0 Å². The molecule has 0 aliphatic rings. The molecule has 2 aromatic rings. The molecule has 0 heterocycles. The summed E-state index contributed by atoms with van der Waals surface area (Å²) in [4.78, 5) is 12.2. The lowest BCUT2D eigenvalue weighted by Crippen LogP contribution is -2.32. The molecule has 5 nitrogen and oxygen atoms in total. The summed E-state index contributed by atoms with van der Waals surface area (Å²) in [5.74, 6) is -0.500. The van der Waals surface area contributed by atoms with Gasteiger partial charge in [-0.1, -0.05) is 18.2 Å². The molecule has 0 spiro atoms. The molecule has 0 saturated heterocycles. The number of hydrogen-bond acceptors (Lipinski definition) is 3. The summed E-state index contributed by atoms with van der Waals surface area (Å²) in [7, 11) is -3.45. The van der Waals surface area contributed by atoms with Gasteiger partial charge in [0.15, 0.2) is 0 Å². The molecule has 0 aliphatic heterocycles. The first-order chi connectivity index (χ1) is 13.1. The van der Waals surface area contributed by atoms with E-state index in [2.05, 4.69) is 5.32 Å². The quantitative estimate of drug-likeness (QED) is 0.724. The van der Waals surface area contributed by atoms with Crippen molar-refractivity contribution < 1.29 is 17.6 Å². The third-order valence-electron chi connectivity index (χ3n) is 4.69. The van der Waals surface area contributed by atoms with Crippen LogP contribution in [0.1, 0.15) is 42.5 Å². The van der Waals surface area contributed by atoms with Crippen LogP contribution < -0.4 is 9.62 Å². The molecule has 0 aromatic heterocycles. The predicted octanol–water partition coefficient (Wildman–Crippen LogP) is 3.87. The summed E-state index contributed by atoms with van der Waals surface area (Å²) >= 11 is 0. The highest BCUT2D eigenvalue weighted by Gasteiger charge is 2.18. The van der Waals surface area contributed by atoms with Crippen molar-refractivity contribution in [3.8, 4) is 0 Å². The van der Waals surface area contributed by atoms with E-state index in [-0.39, 0.29) is 30.7 Å². The van der Waals surface area contributed by atoms with Gasteiger partial charge in [0.25, 0.3) is 0 Å². The lowest BCUT2D eigenvalue weighted by Gasteiger charge is -2.23. The Morgan fingerprint density at radius 3 is 2.32 bits per heavy atom. The minimum Gasteiger partial charge on any atom is -0.350 e. The van der Waals surface area contributed by atoms with Crippen molar-refractivity contribution in [2.45, 2.75) is 39.7 Å². The second-order valence-electron chi connectivity index (χ2n) is 7.05. The maximum atomic E-state index is 13.0. The van der Waals surface area contributed by atoms with Gasteiger partial charge in [0.05, 0.1) is 18.0 Å². The maximum Gasteiger partial charge on any atom is 0.232 e. The monoisotopic (exact) mass is 406 g/mol. The zero-order valence-corrected chi connectivity index (χ0v) is 17.5. The van der Waals surface area contributed by atoms with E-state index < -0.39 is 10.0 Å². The van der Waals surface area contributed by atoms with Gasteiger partial charge in [-0.15, -0.1) is 0 Å². The van der Waals surface area contributed by atoms with E-state index in [1.807, 2.05) is 32.9 Å². The lowest BCUT2D eigenvalue weighted by atomic mass is 10.1. The highest BCUT2D eigenvalue weighted by Crippen LogP contribution is 2.22. The Morgan fingerprint density at radius 2 is 1.75 bits per heavy atom. The van der Waals surface area contributed by atoms with Crippen LogP contribution in [0, 0.1) is 19.7 Å². The number of aryl methyl sites for hydroxylation is 2. The fourth-order valence-corrected chi connectivity index (χ4v) is 3.86. The number of carbonyl (C=O) groups is 1. The van der Waals surface area contributed by atoms with Crippen molar-refractivity contribution in [2.24, 2.45) is 0 Å². The Bertz CT molecular complexity index is 927. The lowest BCUT2D eigenvalue weighted by molar-refractivity contribution is -0.121. The van der Waals surface area contributed by atoms with Crippen LogP contribution in [0.2, 0.25) is 0 Å². The number of rotatable bonds is 8. The summed E-state index contributed by atoms with van der Waals surface area (Å²) in [5.41, 5.74) is 3.51. The van der Waals surface area contributed by atoms with E-state index in [0.29, 0.717) is 12.1 Å². The molecule has 0 radical (unpaired) electrons. The molecule has 2 rings (SSSR count). The van der Waals surface area contributed by atoms with Crippen LogP contribution in [0.3, 0.4) is 0 Å². The summed E-state index contributed by atoms with van der Waals surface area (Å²) in [6.45, 7) is 5.95. The Hall–Kier alpha value is -2.41. The highest BCUT2D eigenvalue weighted by molar-refractivity contribution is 7.92. The van der Waals surface area contributed by atoms with Crippen LogP contribution >= 0.6 is 0 Å². The Kier molecular flexibility index (Phi) is 7.18. The molecule has 0 fully saturated rings. The summed E-state index contributed by atoms with van der Waals surface area (Å²) in [6.07, 6.45) is 1.75. The first-order valence-electron chi connectivity index (χ1n) is 9.17. The maximum absolute atomic E-state index is 13.0. The second-order valence-corrected chi connectivity index (χ2v) is 8.95. The van der Waals surface area contributed by atoms with E-state index in [4.69, 9.17) is 0 Å². The zero-order valence-electron chi connectivity index (χ0n) is 16.7. The van der Waals surface area contributed by atoms with Gasteiger partial charge in [-0.25, -0.2) is 12.8 Å². The second kappa shape index (κ2) is 9.19. The SMILES string of the molecule is Cc1ccc(N(CCCC(=O)N[C@H](C)c2ccc(F)cc2)S(C)(=O)=O)cc1C. The van der Waals surface area contributed by atoms with Gasteiger partial charge in [-0.05, 0) is 68.1 Å². The minimum absolute atomic E-state index is 0.176. The Labute approximate surface area is 166 Å². The molecular weight excluding hydrogens is 379 g/mol. The third kappa shape index (κ3) is 6.05. The molecule has 0 saturated carbocycles. The van der Waals surface area contributed by atoms with Crippen LogP contribution in [0.5, 0.6) is 0 Å². The van der Waals surface area contributed by atoms with Crippen molar-refractivity contribution in [2.75, 3.05) is 17.1 Å². The number of sulfonamides is 1. The molecule has 2 aromatic carbocycles. The molecular formula is C21H27FN2O3S. The highest BCUT2D eigenvalue weighted by atomic mass is 32.2. The van der Waals surface area contributed by atoms with Gasteiger partial charge < -0.3 is 5.32 Å². The Morgan fingerprint density at radius 1 is 1.11 bits per heavy atom. The number of nitrogens with zero attached hydrogens (tertiary/aromatic N) is 1. The molecule has 28 heavy (non-hydrogen) atoms. The summed E-state index contributed by atoms with van der Waals surface area (Å²) in [5, 5.41) is 2.86. The first-order valence-corrected chi connectivity index (χ1v) is 11.0. The van der Waals surface area contributed by atoms with Crippen LogP contribution in [0.15, 0.2) is 42.5 Å². The normalized spacial score (nSPS) is 12.5. The molecule has 0 unspecified atom stereocenters. The van der Waals surface area contributed by atoms with Gasteiger partial charge in [-0.2, -0.15) is 0 Å². The molecule has 0 aliphatic carbocycles. The average Bonchev–Trinajstić information content (AvgIpc) is 2.60. The number of hydrogen-bond donors (Lipinski definition) is 1. The largest absolute Gasteiger partial charge is 0.350 e. The Balaban J connectivity index is 1.95. The van der Waals surface area contributed by atoms with Crippen molar-refractivity contribution in [1.29, 1.82) is 0 Å². The van der Waals surface area contributed by atoms with Crippen molar-refractivity contribution in [3.05, 3.63) is 65.0 Å². The van der Waals surface area contributed by atoms with Gasteiger partial charge in [-0.3, -0.25) is 9.10 Å². The standard InChI is InChI=1S/C21H27FN2O3S/c1-15-7-12-20(14-16(15)2)24(28(4,26)27)13-5-6-21(25)23-17(3)18-8-10-19(22)11-9-18/h7-12,14,17H,5-6,13H2,1-4H3,(H,23,25)/t17-/m1/s1. The van der Waals surface area contributed by atoms with Crippen LogP contribution in [0.4, 0.5) is 10.1 Å². The summed E-state index contributed by atoms with van der Waals surface area (Å²) in [6, 6.07) is 11.2. The molecule has 1 amide bonds. The van der Waals surface area contributed by atoms with Crippen molar-refractivity contribution in [1.82, 2.24) is 5.32 Å². The smallest absolute Gasteiger partial charge is 0.232 e. The van der Waals surface area contributed by atoms with Crippen molar-refractivity contribution in [3.63, 3.8) is 0 Å². The van der Waals surface area contributed by atoms with Gasteiger partial charge in [0.1, 0.15) is 5.82 Å². The van der Waals surface area contributed by atoms with E-state index in [1.165, 1.54) is 22.7 Å². The van der Waals surface area contributed by atoms with Gasteiger partial charge in [0, 0.05) is 13.0 Å². The fraction of sp³-hybridized carbons (Fsp3) is 0.381. The average molecular weight is 407 g/mol. The number of halogens is 1.